The van der Waals surface area contributed by atoms with Crippen LogP contribution in [-0.2, 0) is 4.79 Å². The van der Waals surface area contributed by atoms with Crippen LogP contribution < -0.4 is 0 Å². The van der Waals surface area contributed by atoms with Crippen molar-refractivity contribution in [1.29, 1.82) is 0 Å². The fourth-order valence-corrected chi connectivity index (χ4v) is 1.38. The molecule has 12 heavy (non-hydrogen) atoms. The first-order valence-electron chi connectivity index (χ1n) is 4.62. The Kier molecular flexibility index (Phi) is 3.53. The van der Waals surface area contributed by atoms with Gasteiger partial charge in [-0.3, -0.25) is 4.79 Å². The first-order valence-corrected chi connectivity index (χ1v) is 4.62. The normalized spacial score (nSPS) is 17.2. The van der Waals surface area contributed by atoms with Crippen molar-refractivity contribution < 1.29 is 9.90 Å². The molecule has 0 spiro atoms. The zero-order valence-corrected chi connectivity index (χ0v) is 7.62. The molecule has 3 heteroatoms. The van der Waals surface area contributed by atoms with Crippen molar-refractivity contribution in [3.8, 4) is 0 Å². The number of carbonyl (C=O) groups is 1. The van der Waals surface area contributed by atoms with Crippen LogP contribution in [0.15, 0.2) is 0 Å². The van der Waals surface area contributed by atoms with Gasteiger partial charge in [-0.25, -0.2) is 0 Å². The van der Waals surface area contributed by atoms with Crippen LogP contribution in [0.25, 0.3) is 0 Å². The molecule has 1 rings (SSSR count). The minimum absolute atomic E-state index is 0.115. The number of hydrogen-bond donors (Lipinski definition) is 1. The lowest BCUT2D eigenvalue weighted by molar-refractivity contribution is -0.133. The summed E-state index contributed by atoms with van der Waals surface area (Å²) in [4.78, 5) is 13.2. The summed E-state index contributed by atoms with van der Waals surface area (Å²) in [7, 11) is 1.86. The Morgan fingerprint density at radius 2 is 2.25 bits per heavy atom. The van der Waals surface area contributed by atoms with Crippen LogP contribution in [0.3, 0.4) is 0 Å². The fourth-order valence-electron chi connectivity index (χ4n) is 1.38. The molecular weight excluding hydrogens is 154 g/mol. The lowest BCUT2D eigenvalue weighted by Crippen LogP contribution is -2.41. The van der Waals surface area contributed by atoms with E-state index in [1.165, 1.54) is 6.42 Å². The van der Waals surface area contributed by atoms with E-state index in [2.05, 4.69) is 0 Å². The molecule has 0 radical (unpaired) electrons. The van der Waals surface area contributed by atoms with Crippen molar-refractivity contribution in [1.82, 2.24) is 4.90 Å². The molecular formula is C9H17NO2. The first kappa shape index (κ1) is 9.52. The Morgan fingerprint density at radius 1 is 1.58 bits per heavy atom. The van der Waals surface area contributed by atoms with Crippen LogP contribution in [-0.4, -0.2) is 35.6 Å². The van der Waals surface area contributed by atoms with Crippen LogP contribution in [0.2, 0.25) is 0 Å². The third-order valence-electron chi connectivity index (χ3n) is 2.56. The molecule has 0 bridgehead atoms. The van der Waals surface area contributed by atoms with E-state index in [1.54, 1.807) is 0 Å². The van der Waals surface area contributed by atoms with E-state index in [-0.39, 0.29) is 12.5 Å². The monoisotopic (exact) mass is 171 g/mol. The molecule has 1 N–H and O–H groups in total. The maximum Gasteiger partial charge on any atom is 0.222 e. The molecule has 0 aromatic rings. The smallest absolute Gasteiger partial charge is 0.222 e. The molecule has 1 amide bonds. The van der Waals surface area contributed by atoms with E-state index in [9.17, 15) is 4.79 Å². The summed E-state index contributed by atoms with van der Waals surface area (Å²) < 4.78 is 0. The predicted octanol–water partition coefficient (Wildman–Crippen LogP) is 0.770. The Morgan fingerprint density at radius 3 is 2.67 bits per heavy atom. The van der Waals surface area contributed by atoms with Crippen LogP contribution in [0.5, 0.6) is 0 Å². The highest BCUT2D eigenvalue weighted by atomic mass is 16.3. The molecule has 1 fully saturated rings. The Labute approximate surface area is 73.4 Å². The molecule has 1 saturated carbocycles. The summed E-state index contributed by atoms with van der Waals surface area (Å²) in [6.07, 6.45) is 4.64. The summed E-state index contributed by atoms with van der Waals surface area (Å²) in [6, 6.07) is 0.483. The number of aliphatic hydroxyl groups is 1. The Bertz CT molecular complexity index is 155. The molecule has 70 valence electrons. The minimum atomic E-state index is 0.115. The van der Waals surface area contributed by atoms with Crippen molar-refractivity contribution in [2.45, 2.75) is 38.1 Å². The predicted molar refractivity (Wildman–Crippen MR) is 46.7 cm³/mol. The number of hydrogen-bond acceptors (Lipinski definition) is 2. The van der Waals surface area contributed by atoms with Gasteiger partial charge in [0.2, 0.25) is 5.91 Å². The molecule has 0 aromatic heterocycles. The second-order valence-corrected chi connectivity index (χ2v) is 3.42. The standard InChI is InChI=1S/C9H17NO2/c1-10(8-4-2-5-8)9(12)6-3-7-11/h8,11H,2-7H2,1H3. The summed E-state index contributed by atoms with van der Waals surface area (Å²) in [5.74, 6) is 0.175. The molecule has 0 aromatic carbocycles. The summed E-state index contributed by atoms with van der Waals surface area (Å²) in [6.45, 7) is 0.115. The molecule has 1 aliphatic carbocycles. The van der Waals surface area contributed by atoms with E-state index in [1.807, 2.05) is 11.9 Å². The zero-order valence-electron chi connectivity index (χ0n) is 7.62. The van der Waals surface area contributed by atoms with E-state index in [0.717, 1.165) is 12.8 Å². The second-order valence-electron chi connectivity index (χ2n) is 3.42. The van der Waals surface area contributed by atoms with E-state index in [0.29, 0.717) is 18.9 Å². The summed E-state index contributed by atoms with van der Waals surface area (Å²) >= 11 is 0. The van der Waals surface area contributed by atoms with Gasteiger partial charge in [-0.1, -0.05) is 0 Å². The summed E-state index contributed by atoms with van der Waals surface area (Å²) in [5, 5.41) is 8.54. The number of carbonyl (C=O) groups excluding carboxylic acids is 1. The van der Waals surface area contributed by atoms with Crippen LogP contribution in [0.4, 0.5) is 0 Å². The van der Waals surface area contributed by atoms with Crippen molar-refractivity contribution in [2.24, 2.45) is 0 Å². The lowest BCUT2D eigenvalue weighted by Gasteiger charge is -2.34. The minimum Gasteiger partial charge on any atom is -0.396 e. The van der Waals surface area contributed by atoms with Gasteiger partial charge in [0.15, 0.2) is 0 Å². The summed E-state index contributed by atoms with van der Waals surface area (Å²) in [5.41, 5.74) is 0. The largest absolute Gasteiger partial charge is 0.396 e. The molecule has 1 aliphatic rings. The molecule has 3 nitrogen and oxygen atoms in total. The quantitative estimate of drug-likeness (QED) is 0.678. The molecule has 0 heterocycles. The van der Waals surface area contributed by atoms with Gasteiger partial charge in [0.25, 0.3) is 0 Å². The van der Waals surface area contributed by atoms with Gasteiger partial charge < -0.3 is 10.0 Å². The molecule has 0 atom stereocenters. The van der Waals surface area contributed by atoms with Gasteiger partial charge in [0.1, 0.15) is 0 Å². The van der Waals surface area contributed by atoms with Gasteiger partial charge in [0.05, 0.1) is 0 Å². The Balaban J connectivity index is 2.20. The number of aliphatic hydroxyl groups excluding tert-OH is 1. The molecule has 0 saturated heterocycles. The van der Waals surface area contributed by atoms with Crippen molar-refractivity contribution in [2.75, 3.05) is 13.7 Å². The van der Waals surface area contributed by atoms with Gasteiger partial charge >= 0.3 is 0 Å². The maximum atomic E-state index is 11.4. The van der Waals surface area contributed by atoms with Gasteiger partial charge in [-0.15, -0.1) is 0 Å². The highest BCUT2D eigenvalue weighted by molar-refractivity contribution is 5.76. The van der Waals surface area contributed by atoms with E-state index < -0.39 is 0 Å². The molecule has 0 unspecified atom stereocenters. The average molecular weight is 171 g/mol. The van der Waals surface area contributed by atoms with E-state index >= 15 is 0 Å². The van der Waals surface area contributed by atoms with Crippen LogP contribution in [0.1, 0.15) is 32.1 Å². The number of nitrogens with zero attached hydrogens (tertiary/aromatic N) is 1. The fraction of sp³-hybridized carbons (Fsp3) is 0.889. The van der Waals surface area contributed by atoms with E-state index in [4.69, 9.17) is 5.11 Å². The number of rotatable bonds is 4. The first-order chi connectivity index (χ1) is 5.75. The third kappa shape index (κ3) is 2.21. The highest BCUT2D eigenvalue weighted by Gasteiger charge is 2.24. The van der Waals surface area contributed by atoms with Crippen molar-refractivity contribution in [3.05, 3.63) is 0 Å². The average Bonchev–Trinajstić information content (AvgIpc) is 1.96. The lowest BCUT2D eigenvalue weighted by atomic mass is 9.91. The van der Waals surface area contributed by atoms with Gasteiger partial charge in [-0.2, -0.15) is 0 Å². The Hall–Kier alpha value is -0.570. The van der Waals surface area contributed by atoms with Gasteiger partial charge in [0, 0.05) is 26.1 Å². The van der Waals surface area contributed by atoms with Crippen LogP contribution >= 0.6 is 0 Å². The third-order valence-corrected chi connectivity index (χ3v) is 2.56. The van der Waals surface area contributed by atoms with Crippen molar-refractivity contribution in [3.63, 3.8) is 0 Å². The van der Waals surface area contributed by atoms with Crippen LogP contribution in [0, 0.1) is 0 Å². The zero-order chi connectivity index (χ0) is 8.97. The molecule has 0 aliphatic heterocycles. The van der Waals surface area contributed by atoms with Crippen molar-refractivity contribution >= 4 is 5.91 Å². The highest BCUT2D eigenvalue weighted by Crippen LogP contribution is 2.23. The second kappa shape index (κ2) is 4.45. The number of amides is 1. The van der Waals surface area contributed by atoms with Gasteiger partial charge in [-0.05, 0) is 25.7 Å². The maximum absolute atomic E-state index is 11.4. The topological polar surface area (TPSA) is 40.5 Å². The SMILES string of the molecule is CN(C(=O)CCCO)C1CCC1.